The molecular weight excluding hydrogens is 296 g/mol. The molecule has 3 N–H and O–H groups in total. The lowest BCUT2D eigenvalue weighted by molar-refractivity contribution is 0.462. The first kappa shape index (κ1) is 15.2. The molecule has 0 unspecified atom stereocenters. The SMILES string of the molecule is CC(C)Cn1ncc(NC(C)(C)CN)c(Br)c1=O. The topological polar surface area (TPSA) is 72.9 Å². The van der Waals surface area contributed by atoms with E-state index in [0.29, 0.717) is 29.2 Å². The van der Waals surface area contributed by atoms with Gasteiger partial charge in [0.05, 0.1) is 11.9 Å². The molecule has 1 aromatic heterocycles. The van der Waals surface area contributed by atoms with Gasteiger partial charge in [-0.2, -0.15) is 5.10 Å². The van der Waals surface area contributed by atoms with Gasteiger partial charge in [-0.1, -0.05) is 13.8 Å². The number of nitrogens with one attached hydrogen (secondary N) is 1. The first-order chi connectivity index (χ1) is 8.26. The van der Waals surface area contributed by atoms with Crippen molar-refractivity contribution in [3.63, 3.8) is 0 Å². The monoisotopic (exact) mass is 316 g/mol. The summed E-state index contributed by atoms with van der Waals surface area (Å²) >= 11 is 3.33. The molecule has 0 amide bonds. The minimum Gasteiger partial charge on any atom is -0.377 e. The van der Waals surface area contributed by atoms with Gasteiger partial charge in [0.15, 0.2) is 0 Å². The minimum atomic E-state index is -0.277. The Kier molecular flexibility index (Phi) is 4.92. The molecule has 0 saturated carbocycles. The summed E-state index contributed by atoms with van der Waals surface area (Å²) in [5.41, 5.74) is 5.93. The maximum atomic E-state index is 12.1. The van der Waals surface area contributed by atoms with Crippen LogP contribution in [-0.4, -0.2) is 21.9 Å². The van der Waals surface area contributed by atoms with Gasteiger partial charge in [-0.25, -0.2) is 4.68 Å². The molecule has 6 heteroatoms. The summed E-state index contributed by atoms with van der Waals surface area (Å²) in [4.78, 5) is 12.1. The average molecular weight is 317 g/mol. The number of halogens is 1. The number of nitrogens with two attached hydrogens (primary N) is 1. The van der Waals surface area contributed by atoms with E-state index in [1.807, 2.05) is 27.7 Å². The summed E-state index contributed by atoms with van der Waals surface area (Å²) < 4.78 is 1.97. The Balaban J connectivity index is 3.05. The van der Waals surface area contributed by atoms with Crippen molar-refractivity contribution in [3.05, 3.63) is 21.0 Å². The van der Waals surface area contributed by atoms with E-state index in [-0.39, 0.29) is 11.1 Å². The van der Waals surface area contributed by atoms with Gasteiger partial charge in [-0.15, -0.1) is 0 Å². The first-order valence-electron chi connectivity index (χ1n) is 6.00. The van der Waals surface area contributed by atoms with Crippen LogP contribution in [0.3, 0.4) is 0 Å². The van der Waals surface area contributed by atoms with Crippen LogP contribution in [0.1, 0.15) is 27.7 Å². The van der Waals surface area contributed by atoms with E-state index in [0.717, 1.165) is 0 Å². The maximum Gasteiger partial charge on any atom is 0.283 e. The first-order valence-corrected chi connectivity index (χ1v) is 6.80. The molecule has 1 heterocycles. The molecule has 0 spiro atoms. The van der Waals surface area contributed by atoms with Gasteiger partial charge >= 0.3 is 0 Å². The molecule has 0 fully saturated rings. The lowest BCUT2D eigenvalue weighted by Gasteiger charge is -2.26. The Morgan fingerprint density at radius 3 is 2.67 bits per heavy atom. The molecule has 18 heavy (non-hydrogen) atoms. The van der Waals surface area contributed by atoms with Gasteiger partial charge in [-0.3, -0.25) is 4.79 Å². The van der Waals surface area contributed by atoms with Gasteiger partial charge in [-0.05, 0) is 35.7 Å². The summed E-state index contributed by atoms with van der Waals surface area (Å²) in [5, 5.41) is 7.38. The van der Waals surface area contributed by atoms with Crippen LogP contribution >= 0.6 is 15.9 Å². The van der Waals surface area contributed by atoms with Crippen molar-refractivity contribution in [1.29, 1.82) is 0 Å². The summed E-state index contributed by atoms with van der Waals surface area (Å²) in [6.45, 7) is 9.11. The van der Waals surface area contributed by atoms with Crippen LogP contribution in [0, 0.1) is 5.92 Å². The predicted molar refractivity (Wildman–Crippen MR) is 77.8 cm³/mol. The van der Waals surface area contributed by atoms with Crippen molar-refractivity contribution in [2.24, 2.45) is 11.7 Å². The minimum absolute atomic E-state index is 0.124. The van der Waals surface area contributed by atoms with E-state index in [1.165, 1.54) is 4.68 Å². The van der Waals surface area contributed by atoms with Gasteiger partial charge in [0.1, 0.15) is 4.47 Å². The van der Waals surface area contributed by atoms with Crippen molar-refractivity contribution in [3.8, 4) is 0 Å². The highest BCUT2D eigenvalue weighted by Crippen LogP contribution is 2.20. The third kappa shape index (κ3) is 3.81. The molecule has 0 radical (unpaired) electrons. The van der Waals surface area contributed by atoms with E-state index < -0.39 is 0 Å². The second kappa shape index (κ2) is 5.84. The highest BCUT2D eigenvalue weighted by molar-refractivity contribution is 9.10. The van der Waals surface area contributed by atoms with Crippen molar-refractivity contribution >= 4 is 21.6 Å². The lowest BCUT2D eigenvalue weighted by Crippen LogP contribution is -2.40. The molecule has 0 aromatic carbocycles. The molecule has 0 aliphatic heterocycles. The third-order valence-corrected chi connectivity index (χ3v) is 3.27. The number of anilines is 1. The molecule has 0 aliphatic rings. The highest BCUT2D eigenvalue weighted by atomic mass is 79.9. The number of aromatic nitrogens is 2. The quantitative estimate of drug-likeness (QED) is 0.869. The lowest BCUT2D eigenvalue weighted by atomic mass is 10.1. The van der Waals surface area contributed by atoms with E-state index >= 15 is 0 Å². The van der Waals surface area contributed by atoms with Crippen LogP contribution in [0.25, 0.3) is 0 Å². The zero-order chi connectivity index (χ0) is 13.9. The van der Waals surface area contributed by atoms with Crippen LogP contribution < -0.4 is 16.6 Å². The van der Waals surface area contributed by atoms with Gasteiger partial charge in [0.25, 0.3) is 5.56 Å². The van der Waals surface area contributed by atoms with Gasteiger partial charge in [0, 0.05) is 18.6 Å². The number of rotatable bonds is 5. The predicted octanol–water partition coefficient (Wildman–Crippen LogP) is 1.81. The highest BCUT2D eigenvalue weighted by Gasteiger charge is 2.18. The Hall–Kier alpha value is -0.880. The van der Waals surface area contributed by atoms with Crippen LogP contribution in [0.15, 0.2) is 15.5 Å². The normalized spacial score (nSPS) is 11.9. The summed E-state index contributed by atoms with van der Waals surface area (Å²) in [5.74, 6) is 0.376. The molecule has 102 valence electrons. The fourth-order valence-corrected chi connectivity index (χ4v) is 1.85. The van der Waals surface area contributed by atoms with Crippen molar-refractivity contribution < 1.29 is 0 Å². The Morgan fingerprint density at radius 2 is 2.17 bits per heavy atom. The number of hydrogen-bond acceptors (Lipinski definition) is 4. The molecule has 1 aromatic rings. The molecule has 0 bridgehead atoms. The van der Waals surface area contributed by atoms with Crippen LogP contribution in [-0.2, 0) is 6.54 Å². The van der Waals surface area contributed by atoms with Crippen molar-refractivity contribution in [2.75, 3.05) is 11.9 Å². The average Bonchev–Trinajstić information content (AvgIpc) is 2.28. The van der Waals surface area contributed by atoms with E-state index in [4.69, 9.17) is 5.73 Å². The molecule has 0 atom stereocenters. The standard InChI is InChI=1S/C12H21BrN4O/c1-8(2)6-17-11(18)10(13)9(5-15-17)16-12(3,4)7-14/h5,8,16H,6-7,14H2,1-4H3. The Labute approximate surface area is 116 Å². The second-order valence-corrected chi connectivity index (χ2v) is 6.26. The smallest absolute Gasteiger partial charge is 0.283 e. The second-order valence-electron chi connectivity index (χ2n) is 5.47. The molecule has 1 rings (SSSR count). The molecule has 0 saturated heterocycles. The molecule has 5 nitrogen and oxygen atoms in total. The van der Waals surface area contributed by atoms with Gasteiger partial charge in [0.2, 0.25) is 0 Å². The van der Waals surface area contributed by atoms with Crippen molar-refractivity contribution in [1.82, 2.24) is 9.78 Å². The zero-order valence-electron chi connectivity index (χ0n) is 11.3. The summed E-state index contributed by atoms with van der Waals surface area (Å²) in [7, 11) is 0. The van der Waals surface area contributed by atoms with Crippen molar-refractivity contribution in [2.45, 2.75) is 39.8 Å². The Morgan fingerprint density at radius 1 is 1.56 bits per heavy atom. The fourth-order valence-electron chi connectivity index (χ4n) is 1.44. The van der Waals surface area contributed by atoms with E-state index in [9.17, 15) is 4.79 Å². The molecular formula is C12H21BrN4O. The molecule has 0 aliphatic carbocycles. The van der Waals surface area contributed by atoms with Crippen LogP contribution in [0.2, 0.25) is 0 Å². The van der Waals surface area contributed by atoms with Gasteiger partial charge < -0.3 is 11.1 Å². The fraction of sp³-hybridized carbons (Fsp3) is 0.667. The largest absolute Gasteiger partial charge is 0.377 e. The Bertz CT molecular complexity index is 468. The third-order valence-electron chi connectivity index (χ3n) is 2.51. The summed E-state index contributed by atoms with van der Waals surface area (Å²) in [6, 6.07) is 0. The zero-order valence-corrected chi connectivity index (χ0v) is 12.9. The summed E-state index contributed by atoms with van der Waals surface area (Å²) in [6.07, 6.45) is 1.66. The number of hydrogen-bond donors (Lipinski definition) is 2. The van der Waals surface area contributed by atoms with E-state index in [2.05, 4.69) is 26.3 Å². The van der Waals surface area contributed by atoms with Crippen LogP contribution in [0.5, 0.6) is 0 Å². The number of nitrogens with zero attached hydrogens (tertiary/aromatic N) is 2. The van der Waals surface area contributed by atoms with Crippen LogP contribution in [0.4, 0.5) is 5.69 Å². The van der Waals surface area contributed by atoms with E-state index in [1.54, 1.807) is 6.20 Å². The maximum absolute atomic E-state index is 12.1.